The standard InChI is InChI=1S/C18H19N3O2/c22-18(16-5-1-3-9-19-16)21-13-7-8-14(21)12-15(11-13)23-17-6-2-4-10-20-17/h1-6,9-10,13-15H,7-8,11-12H2. The predicted octanol–water partition coefficient (Wildman–Crippen LogP) is 2.69. The van der Waals surface area contributed by atoms with Crippen LogP contribution in [0.25, 0.3) is 0 Å². The van der Waals surface area contributed by atoms with Crippen molar-refractivity contribution in [1.82, 2.24) is 14.9 Å². The molecular formula is C18H19N3O2. The molecular weight excluding hydrogens is 290 g/mol. The minimum absolute atomic E-state index is 0.0504. The average molecular weight is 309 g/mol. The van der Waals surface area contributed by atoms with Crippen molar-refractivity contribution in [3.8, 4) is 5.88 Å². The van der Waals surface area contributed by atoms with Crippen LogP contribution in [0.3, 0.4) is 0 Å². The van der Waals surface area contributed by atoms with E-state index in [-0.39, 0.29) is 24.1 Å². The molecule has 4 heterocycles. The third-order valence-electron chi connectivity index (χ3n) is 4.73. The zero-order valence-corrected chi connectivity index (χ0v) is 12.8. The van der Waals surface area contributed by atoms with E-state index in [2.05, 4.69) is 9.97 Å². The summed E-state index contributed by atoms with van der Waals surface area (Å²) >= 11 is 0. The molecule has 0 aromatic carbocycles. The number of piperidine rings is 1. The van der Waals surface area contributed by atoms with Crippen LogP contribution in [-0.4, -0.2) is 39.0 Å². The van der Waals surface area contributed by atoms with Crippen LogP contribution in [0.15, 0.2) is 48.8 Å². The van der Waals surface area contributed by atoms with E-state index in [9.17, 15) is 4.79 Å². The smallest absolute Gasteiger partial charge is 0.272 e. The number of carbonyl (C=O) groups is 1. The molecule has 1 amide bonds. The van der Waals surface area contributed by atoms with Crippen LogP contribution in [0.1, 0.15) is 36.2 Å². The number of amides is 1. The van der Waals surface area contributed by atoms with Crippen LogP contribution in [0.2, 0.25) is 0 Å². The van der Waals surface area contributed by atoms with Gasteiger partial charge in [0.05, 0.1) is 0 Å². The van der Waals surface area contributed by atoms with Crippen molar-refractivity contribution < 1.29 is 9.53 Å². The molecule has 2 aromatic heterocycles. The Morgan fingerprint density at radius 3 is 2.30 bits per heavy atom. The zero-order valence-electron chi connectivity index (χ0n) is 12.8. The minimum atomic E-state index is 0.0504. The highest BCUT2D eigenvalue weighted by molar-refractivity contribution is 5.93. The number of hydrogen-bond acceptors (Lipinski definition) is 4. The SMILES string of the molecule is O=C(c1ccccn1)N1C2CCC1CC(Oc1ccccn1)C2. The summed E-state index contributed by atoms with van der Waals surface area (Å²) in [7, 11) is 0. The van der Waals surface area contributed by atoms with E-state index in [1.807, 2.05) is 35.2 Å². The van der Waals surface area contributed by atoms with Crippen LogP contribution in [0, 0.1) is 0 Å². The van der Waals surface area contributed by atoms with Gasteiger partial charge in [-0.2, -0.15) is 0 Å². The van der Waals surface area contributed by atoms with Gasteiger partial charge in [0.25, 0.3) is 5.91 Å². The normalized spacial score (nSPS) is 26.1. The summed E-state index contributed by atoms with van der Waals surface area (Å²) in [6.07, 6.45) is 7.37. The minimum Gasteiger partial charge on any atom is -0.474 e. The lowest BCUT2D eigenvalue weighted by molar-refractivity contribution is 0.0343. The lowest BCUT2D eigenvalue weighted by atomic mass is 9.99. The van der Waals surface area contributed by atoms with Crippen molar-refractivity contribution in [1.29, 1.82) is 0 Å². The molecule has 2 aliphatic heterocycles. The first-order valence-corrected chi connectivity index (χ1v) is 8.12. The second-order valence-corrected chi connectivity index (χ2v) is 6.19. The Kier molecular flexibility index (Phi) is 3.69. The van der Waals surface area contributed by atoms with Gasteiger partial charge in [-0.1, -0.05) is 12.1 Å². The molecule has 2 fully saturated rings. The largest absolute Gasteiger partial charge is 0.474 e. The van der Waals surface area contributed by atoms with Gasteiger partial charge >= 0.3 is 0 Å². The van der Waals surface area contributed by atoms with Crippen LogP contribution < -0.4 is 4.74 Å². The zero-order chi connectivity index (χ0) is 15.6. The van der Waals surface area contributed by atoms with Crippen molar-refractivity contribution in [3.05, 3.63) is 54.5 Å². The summed E-state index contributed by atoms with van der Waals surface area (Å²) in [5.41, 5.74) is 0.536. The average Bonchev–Trinajstić information content (AvgIpc) is 2.87. The summed E-state index contributed by atoms with van der Waals surface area (Å²) in [5.74, 6) is 0.718. The molecule has 2 atom stereocenters. The maximum absolute atomic E-state index is 12.7. The molecule has 2 bridgehead atoms. The van der Waals surface area contributed by atoms with Gasteiger partial charge in [-0.3, -0.25) is 9.78 Å². The van der Waals surface area contributed by atoms with Gasteiger partial charge in [0.15, 0.2) is 0 Å². The third kappa shape index (κ3) is 2.79. The Morgan fingerprint density at radius 2 is 1.70 bits per heavy atom. The first kappa shape index (κ1) is 14.2. The number of ether oxygens (including phenoxy) is 1. The van der Waals surface area contributed by atoms with Gasteiger partial charge < -0.3 is 9.64 Å². The van der Waals surface area contributed by atoms with E-state index < -0.39 is 0 Å². The Labute approximate surface area is 135 Å². The number of carbonyl (C=O) groups excluding carboxylic acids is 1. The van der Waals surface area contributed by atoms with Crippen molar-refractivity contribution in [3.63, 3.8) is 0 Å². The van der Waals surface area contributed by atoms with Gasteiger partial charge in [-0.15, -0.1) is 0 Å². The van der Waals surface area contributed by atoms with Crippen LogP contribution >= 0.6 is 0 Å². The third-order valence-corrected chi connectivity index (χ3v) is 4.73. The van der Waals surface area contributed by atoms with Crippen LogP contribution in [-0.2, 0) is 0 Å². The molecule has 2 unspecified atom stereocenters. The Hall–Kier alpha value is -2.43. The van der Waals surface area contributed by atoms with Gasteiger partial charge in [0, 0.05) is 43.4 Å². The number of fused-ring (bicyclic) bond motifs is 2. The highest BCUT2D eigenvalue weighted by Crippen LogP contribution is 2.37. The molecule has 5 heteroatoms. The van der Waals surface area contributed by atoms with E-state index >= 15 is 0 Å². The second-order valence-electron chi connectivity index (χ2n) is 6.19. The molecule has 2 saturated heterocycles. The lowest BCUT2D eigenvalue weighted by Gasteiger charge is -2.38. The molecule has 0 aliphatic carbocycles. The second kappa shape index (κ2) is 5.99. The maximum Gasteiger partial charge on any atom is 0.272 e. The Morgan fingerprint density at radius 1 is 1.00 bits per heavy atom. The van der Waals surface area contributed by atoms with E-state index in [1.165, 1.54) is 0 Å². The summed E-state index contributed by atoms with van der Waals surface area (Å²) in [5, 5.41) is 0. The summed E-state index contributed by atoms with van der Waals surface area (Å²) < 4.78 is 6.01. The fourth-order valence-electron chi connectivity index (χ4n) is 3.76. The predicted molar refractivity (Wildman–Crippen MR) is 85.1 cm³/mol. The van der Waals surface area contributed by atoms with Gasteiger partial charge in [0.1, 0.15) is 11.8 Å². The molecule has 5 nitrogen and oxygen atoms in total. The molecule has 2 aliphatic rings. The molecule has 0 radical (unpaired) electrons. The van der Waals surface area contributed by atoms with Gasteiger partial charge in [-0.25, -0.2) is 4.98 Å². The van der Waals surface area contributed by atoms with E-state index in [0.29, 0.717) is 11.6 Å². The van der Waals surface area contributed by atoms with Crippen molar-refractivity contribution in [2.24, 2.45) is 0 Å². The van der Waals surface area contributed by atoms with Gasteiger partial charge in [-0.05, 0) is 31.0 Å². The topological polar surface area (TPSA) is 55.3 Å². The first-order valence-electron chi connectivity index (χ1n) is 8.12. The van der Waals surface area contributed by atoms with Gasteiger partial charge in [0.2, 0.25) is 5.88 Å². The van der Waals surface area contributed by atoms with Crippen LogP contribution in [0.4, 0.5) is 0 Å². The Bertz CT molecular complexity index is 663. The van der Waals surface area contributed by atoms with Crippen molar-refractivity contribution in [2.75, 3.05) is 0 Å². The molecule has 2 aromatic rings. The van der Waals surface area contributed by atoms with Crippen molar-refractivity contribution >= 4 is 5.91 Å². The molecule has 0 spiro atoms. The highest BCUT2D eigenvalue weighted by atomic mass is 16.5. The summed E-state index contributed by atoms with van der Waals surface area (Å²) in [6.45, 7) is 0. The number of hydrogen-bond donors (Lipinski definition) is 0. The maximum atomic E-state index is 12.7. The number of rotatable bonds is 3. The lowest BCUT2D eigenvalue weighted by Crippen LogP contribution is -2.49. The van der Waals surface area contributed by atoms with Crippen molar-refractivity contribution in [2.45, 2.75) is 43.9 Å². The first-order chi connectivity index (χ1) is 11.3. The highest BCUT2D eigenvalue weighted by Gasteiger charge is 2.44. The number of nitrogens with zero attached hydrogens (tertiary/aromatic N) is 3. The monoisotopic (exact) mass is 309 g/mol. The fraction of sp³-hybridized carbons (Fsp3) is 0.389. The number of pyridine rings is 2. The number of aromatic nitrogens is 2. The Balaban J connectivity index is 1.47. The fourth-order valence-corrected chi connectivity index (χ4v) is 3.76. The van der Waals surface area contributed by atoms with E-state index in [1.54, 1.807) is 18.5 Å². The van der Waals surface area contributed by atoms with Crippen LogP contribution in [0.5, 0.6) is 5.88 Å². The molecule has 118 valence electrons. The molecule has 0 N–H and O–H groups in total. The quantitative estimate of drug-likeness (QED) is 0.875. The summed E-state index contributed by atoms with van der Waals surface area (Å²) in [6, 6.07) is 11.7. The van der Waals surface area contributed by atoms with E-state index in [4.69, 9.17) is 4.74 Å². The summed E-state index contributed by atoms with van der Waals surface area (Å²) in [4.78, 5) is 23.2. The van der Waals surface area contributed by atoms with E-state index in [0.717, 1.165) is 25.7 Å². The molecule has 0 saturated carbocycles. The molecule has 4 rings (SSSR count). The molecule has 23 heavy (non-hydrogen) atoms.